The second-order valence-electron chi connectivity index (χ2n) is 7.81. The third-order valence-corrected chi connectivity index (χ3v) is 7.00. The van der Waals surface area contributed by atoms with Crippen molar-refractivity contribution in [2.45, 2.75) is 19.0 Å². The highest BCUT2D eigenvalue weighted by atomic mass is 32.2. The number of carbonyl (C=O) groups excluding carboxylic acids is 1. The van der Waals surface area contributed by atoms with Crippen LogP contribution in [0.1, 0.15) is 17.5 Å². The normalized spacial score (nSPS) is 20.7. The van der Waals surface area contributed by atoms with E-state index in [1.54, 1.807) is 11.0 Å². The van der Waals surface area contributed by atoms with Gasteiger partial charge < -0.3 is 4.90 Å². The molecule has 2 aliphatic heterocycles. The Bertz CT molecular complexity index is 1050. The topological polar surface area (TPSA) is 57.7 Å². The fourth-order valence-electron chi connectivity index (χ4n) is 3.98. The number of sulfone groups is 1. The molecule has 156 valence electrons. The summed E-state index contributed by atoms with van der Waals surface area (Å²) in [6, 6.07) is 19.6. The zero-order valence-electron chi connectivity index (χ0n) is 16.9. The summed E-state index contributed by atoms with van der Waals surface area (Å²) in [5.74, 6) is -0.0777. The van der Waals surface area contributed by atoms with Gasteiger partial charge in [0.15, 0.2) is 9.84 Å². The Balaban J connectivity index is 1.44. The van der Waals surface area contributed by atoms with Crippen LogP contribution in [0.15, 0.2) is 78.2 Å². The van der Waals surface area contributed by atoms with E-state index in [-0.39, 0.29) is 18.2 Å². The van der Waals surface area contributed by atoms with E-state index in [1.165, 1.54) is 16.5 Å². The number of rotatable bonds is 6. The molecule has 4 rings (SSSR count). The van der Waals surface area contributed by atoms with E-state index in [0.29, 0.717) is 13.1 Å². The summed E-state index contributed by atoms with van der Waals surface area (Å²) in [7, 11) is -3.23. The Morgan fingerprint density at radius 1 is 1.03 bits per heavy atom. The van der Waals surface area contributed by atoms with Crippen molar-refractivity contribution >= 4 is 21.3 Å². The van der Waals surface area contributed by atoms with Crippen LogP contribution in [0, 0.1) is 0 Å². The van der Waals surface area contributed by atoms with Crippen molar-refractivity contribution in [3.05, 3.63) is 89.4 Å². The van der Waals surface area contributed by atoms with Crippen LogP contribution in [0.5, 0.6) is 0 Å². The fraction of sp³-hybridized carbons (Fsp3) is 0.292. The van der Waals surface area contributed by atoms with Gasteiger partial charge >= 0.3 is 0 Å². The molecule has 0 unspecified atom stereocenters. The Kier molecular flexibility index (Phi) is 6.16. The Hall–Kier alpha value is -2.70. The number of amides is 1. The van der Waals surface area contributed by atoms with Gasteiger partial charge in [-0.15, -0.1) is 0 Å². The molecule has 0 saturated carbocycles. The molecule has 2 aliphatic rings. The van der Waals surface area contributed by atoms with Crippen molar-refractivity contribution in [1.29, 1.82) is 0 Å². The van der Waals surface area contributed by atoms with E-state index in [2.05, 4.69) is 23.1 Å². The van der Waals surface area contributed by atoms with Crippen LogP contribution in [0.3, 0.4) is 0 Å². The highest BCUT2D eigenvalue weighted by Crippen LogP contribution is 2.23. The minimum Gasteiger partial charge on any atom is -0.330 e. The summed E-state index contributed by atoms with van der Waals surface area (Å²) in [5, 5.41) is 1.23. The molecule has 2 aromatic carbocycles. The van der Waals surface area contributed by atoms with Gasteiger partial charge in [-0.25, -0.2) is 8.42 Å². The molecule has 2 heterocycles. The van der Waals surface area contributed by atoms with Crippen molar-refractivity contribution in [1.82, 2.24) is 9.80 Å². The van der Waals surface area contributed by atoms with E-state index in [0.717, 1.165) is 18.5 Å². The second kappa shape index (κ2) is 8.98. The van der Waals surface area contributed by atoms with Crippen molar-refractivity contribution in [2.24, 2.45) is 0 Å². The largest absolute Gasteiger partial charge is 0.330 e. The molecule has 0 aliphatic carbocycles. The standard InChI is InChI=1S/C24H26N2O3S/c27-24(18-25-14-11-22(12-15-25)21-9-5-2-6-10-21)26(17-20-7-3-1-4-8-20)23-13-16-30(28,29)19-23/h1-11,13,16,23H,12,14-15,17-19H2/t23-/m0/s1. The predicted octanol–water partition coefficient (Wildman–Crippen LogP) is 3.12. The molecule has 2 aromatic rings. The second-order valence-corrected chi connectivity index (χ2v) is 9.74. The molecule has 0 spiro atoms. The zero-order valence-corrected chi connectivity index (χ0v) is 17.7. The summed E-state index contributed by atoms with van der Waals surface area (Å²) in [6.45, 7) is 2.22. The van der Waals surface area contributed by atoms with Gasteiger partial charge in [-0.05, 0) is 29.2 Å². The predicted molar refractivity (Wildman–Crippen MR) is 119 cm³/mol. The third-order valence-electron chi connectivity index (χ3n) is 5.62. The number of hydrogen-bond donors (Lipinski definition) is 0. The van der Waals surface area contributed by atoms with E-state index in [1.807, 2.05) is 48.5 Å². The first-order valence-corrected chi connectivity index (χ1v) is 11.9. The molecule has 0 saturated heterocycles. The number of nitrogens with zero attached hydrogens (tertiary/aromatic N) is 2. The Labute approximate surface area is 178 Å². The van der Waals surface area contributed by atoms with Crippen LogP contribution in [-0.4, -0.2) is 55.6 Å². The molecule has 0 aromatic heterocycles. The highest BCUT2D eigenvalue weighted by molar-refractivity contribution is 7.94. The molecule has 1 amide bonds. The fourth-order valence-corrected chi connectivity index (χ4v) is 5.27. The molecule has 5 nitrogen and oxygen atoms in total. The van der Waals surface area contributed by atoms with Gasteiger partial charge in [0, 0.05) is 25.0 Å². The first-order chi connectivity index (χ1) is 14.5. The molecule has 30 heavy (non-hydrogen) atoms. The minimum atomic E-state index is -3.23. The average molecular weight is 423 g/mol. The van der Waals surface area contributed by atoms with Crippen LogP contribution in [-0.2, 0) is 21.2 Å². The summed E-state index contributed by atoms with van der Waals surface area (Å²) in [4.78, 5) is 17.0. The lowest BCUT2D eigenvalue weighted by atomic mass is 9.99. The maximum absolute atomic E-state index is 13.2. The van der Waals surface area contributed by atoms with Crippen LogP contribution in [0.4, 0.5) is 0 Å². The van der Waals surface area contributed by atoms with Gasteiger partial charge in [0.05, 0.1) is 18.3 Å². The number of benzene rings is 2. The van der Waals surface area contributed by atoms with Gasteiger partial charge in [-0.1, -0.05) is 66.7 Å². The molecule has 0 bridgehead atoms. The molecular formula is C24H26N2O3S. The highest BCUT2D eigenvalue weighted by Gasteiger charge is 2.31. The van der Waals surface area contributed by atoms with Crippen molar-refractivity contribution < 1.29 is 13.2 Å². The maximum atomic E-state index is 13.2. The number of hydrogen-bond acceptors (Lipinski definition) is 4. The van der Waals surface area contributed by atoms with Crippen LogP contribution < -0.4 is 0 Å². The smallest absolute Gasteiger partial charge is 0.237 e. The molecule has 6 heteroatoms. The van der Waals surface area contributed by atoms with Crippen molar-refractivity contribution in [3.8, 4) is 0 Å². The van der Waals surface area contributed by atoms with Crippen LogP contribution in [0.25, 0.3) is 5.57 Å². The molecule has 0 fully saturated rings. The monoisotopic (exact) mass is 422 g/mol. The lowest BCUT2D eigenvalue weighted by molar-refractivity contribution is -0.134. The van der Waals surface area contributed by atoms with E-state index >= 15 is 0 Å². The Morgan fingerprint density at radius 2 is 1.73 bits per heavy atom. The van der Waals surface area contributed by atoms with E-state index < -0.39 is 15.9 Å². The number of carbonyl (C=O) groups is 1. The van der Waals surface area contributed by atoms with Gasteiger partial charge in [-0.3, -0.25) is 9.69 Å². The zero-order chi connectivity index (χ0) is 21.0. The molecule has 0 N–H and O–H groups in total. The van der Waals surface area contributed by atoms with Crippen LogP contribution >= 0.6 is 0 Å². The average Bonchev–Trinajstić information content (AvgIpc) is 3.13. The summed E-state index contributed by atoms with van der Waals surface area (Å²) < 4.78 is 23.9. The minimum absolute atomic E-state index is 0.0381. The van der Waals surface area contributed by atoms with Gasteiger partial charge in [-0.2, -0.15) is 0 Å². The molecule has 1 atom stereocenters. The molecular weight excluding hydrogens is 396 g/mol. The summed E-state index contributed by atoms with van der Waals surface area (Å²) in [5.41, 5.74) is 3.54. The maximum Gasteiger partial charge on any atom is 0.237 e. The third kappa shape index (κ3) is 5.07. The first-order valence-electron chi connectivity index (χ1n) is 10.2. The van der Waals surface area contributed by atoms with E-state index in [9.17, 15) is 13.2 Å². The van der Waals surface area contributed by atoms with Crippen molar-refractivity contribution in [2.75, 3.05) is 25.4 Å². The van der Waals surface area contributed by atoms with Crippen LogP contribution in [0.2, 0.25) is 0 Å². The van der Waals surface area contributed by atoms with Gasteiger partial charge in [0.2, 0.25) is 5.91 Å². The SMILES string of the molecule is O=C(CN1CC=C(c2ccccc2)CC1)N(Cc1ccccc1)[C@H]1C=CS(=O)(=O)C1. The first kappa shape index (κ1) is 20.6. The van der Waals surface area contributed by atoms with Crippen molar-refractivity contribution in [3.63, 3.8) is 0 Å². The molecule has 0 radical (unpaired) electrons. The van der Waals surface area contributed by atoms with Gasteiger partial charge in [0.25, 0.3) is 0 Å². The summed E-state index contributed by atoms with van der Waals surface area (Å²) >= 11 is 0. The quantitative estimate of drug-likeness (QED) is 0.718. The lowest BCUT2D eigenvalue weighted by Crippen LogP contribution is -2.46. The lowest BCUT2D eigenvalue weighted by Gasteiger charge is -2.32. The Morgan fingerprint density at radius 3 is 2.33 bits per heavy atom. The van der Waals surface area contributed by atoms with Gasteiger partial charge in [0.1, 0.15) is 0 Å². The van der Waals surface area contributed by atoms with E-state index in [4.69, 9.17) is 0 Å². The summed E-state index contributed by atoms with van der Waals surface area (Å²) in [6.07, 6.45) is 4.72.